The highest BCUT2D eigenvalue weighted by Crippen LogP contribution is 2.26. The summed E-state index contributed by atoms with van der Waals surface area (Å²) in [5.41, 5.74) is 1.81. The van der Waals surface area contributed by atoms with Gasteiger partial charge in [0.05, 0.1) is 12.7 Å². The van der Waals surface area contributed by atoms with Crippen molar-refractivity contribution in [3.63, 3.8) is 0 Å². The summed E-state index contributed by atoms with van der Waals surface area (Å²) in [6.45, 7) is 0.357. The molecule has 0 saturated heterocycles. The Bertz CT molecular complexity index is 608. The molecule has 2 aromatic carbocycles. The molecule has 0 aliphatic heterocycles. The molecular formula is C15H14ClNO3. The number of anilines is 1. The number of hydrogen-bond acceptors (Lipinski definition) is 4. The van der Waals surface area contributed by atoms with Gasteiger partial charge in [-0.3, -0.25) is 0 Å². The third-order valence-electron chi connectivity index (χ3n) is 2.85. The molecule has 104 valence electrons. The first-order valence-electron chi connectivity index (χ1n) is 6.00. The average molecular weight is 292 g/mol. The van der Waals surface area contributed by atoms with Crippen molar-refractivity contribution in [2.45, 2.75) is 6.54 Å². The van der Waals surface area contributed by atoms with Crippen molar-refractivity contribution in [1.29, 1.82) is 0 Å². The van der Waals surface area contributed by atoms with Crippen LogP contribution in [0.1, 0.15) is 15.9 Å². The Hall–Kier alpha value is -2.20. The lowest BCUT2D eigenvalue weighted by Gasteiger charge is -2.10. The van der Waals surface area contributed by atoms with Gasteiger partial charge in [-0.15, -0.1) is 0 Å². The number of nitrogens with one attached hydrogen (secondary N) is 1. The largest absolute Gasteiger partial charge is 0.508 e. The van der Waals surface area contributed by atoms with E-state index in [9.17, 15) is 9.90 Å². The Morgan fingerprint density at radius 1 is 1.30 bits per heavy atom. The summed E-state index contributed by atoms with van der Waals surface area (Å²) in [5, 5.41) is 13.3. The molecular weight excluding hydrogens is 278 g/mol. The fourth-order valence-electron chi connectivity index (χ4n) is 1.79. The maximum Gasteiger partial charge on any atom is 0.337 e. The summed E-state index contributed by atoms with van der Waals surface area (Å²) in [6.07, 6.45) is 0. The number of benzene rings is 2. The maximum absolute atomic E-state index is 11.4. The normalized spacial score (nSPS) is 10.1. The predicted octanol–water partition coefficient (Wildman–Crippen LogP) is 3.44. The van der Waals surface area contributed by atoms with Crippen LogP contribution in [0, 0.1) is 0 Å². The summed E-state index contributed by atoms with van der Waals surface area (Å²) in [6, 6.07) is 11.9. The minimum atomic E-state index is -0.394. The highest BCUT2D eigenvalue weighted by Gasteiger charge is 2.08. The first-order chi connectivity index (χ1) is 9.61. The lowest BCUT2D eigenvalue weighted by atomic mass is 10.1. The number of aromatic hydroxyl groups is 1. The van der Waals surface area contributed by atoms with E-state index in [1.165, 1.54) is 7.11 Å². The van der Waals surface area contributed by atoms with Gasteiger partial charge in [-0.1, -0.05) is 23.7 Å². The van der Waals surface area contributed by atoms with E-state index in [-0.39, 0.29) is 5.75 Å². The predicted molar refractivity (Wildman–Crippen MR) is 78.2 cm³/mol. The summed E-state index contributed by atoms with van der Waals surface area (Å²) >= 11 is 6.03. The van der Waals surface area contributed by atoms with E-state index in [1.54, 1.807) is 36.4 Å². The van der Waals surface area contributed by atoms with Crippen molar-refractivity contribution < 1.29 is 14.6 Å². The van der Waals surface area contributed by atoms with E-state index < -0.39 is 5.97 Å². The molecule has 0 aliphatic carbocycles. The first kappa shape index (κ1) is 14.2. The van der Waals surface area contributed by atoms with Gasteiger partial charge in [-0.2, -0.15) is 0 Å². The SMILES string of the molecule is COC(=O)c1cccc(NCc2c(O)cccc2Cl)c1. The topological polar surface area (TPSA) is 58.6 Å². The Balaban J connectivity index is 2.13. The molecule has 0 atom stereocenters. The maximum atomic E-state index is 11.4. The van der Waals surface area contributed by atoms with Crippen LogP contribution in [0.2, 0.25) is 5.02 Å². The van der Waals surface area contributed by atoms with Crippen LogP contribution in [-0.4, -0.2) is 18.2 Å². The number of rotatable bonds is 4. The zero-order chi connectivity index (χ0) is 14.5. The molecule has 4 nitrogen and oxygen atoms in total. The highest BCUT2D eigenvalue weighted by molar-refractivity contribution is 6.31. The van der Waals surface area contributed by atoms with Crippen LogP contribution < -0.4 is 5.32 Å². The Morgan fingerprint density at radius 3 is 2.75 bits per heavy atom. The number of phenolic OH excluding ortho intramolecular Hbond substituents is 1. The zero-order valence-corrected chi connectivity index (χ0v) is 11.6. The molecule has 0 spiro atoms. The van der Waals surface area contributed by atoms with Crippen LogP contribution in [0.3, 0.4) is 0 Å². The average Bonchev–Trinajstić information content (AvgIpc) is 2.46. The van der Waals surface area contributed by atoms with Crippen LogP contribution in [0.25, 0.3) is 0 Å². The minimum Gasteiger partial charge on any atom is -0.508 e. The molecule has 0 saturated carbocycles. The van der Waals surface area contributed by atoms with Gasteiger partial charge in [0.25, 0.3) is 0 Å². The molecule has 0 heterocycles. The van der Waals surface area contributed by atoms with Gasteiger partial charge in [0.1, 0.15) is 5.75 Å². The van der Waals surface area contributed by atoms with E-state index in [1.807, 2.05) is 6.07 Å². The molecule has 0 unspecified atom stereocenters. The molecule has 0 aromatic heterocycles. The molecule has 2 rings (SSSR count). The third-order valence-corrected chi connectivity index (χ3v) is 3.20. The lowest BCUT2D eigenvalue weighted by Crippen LogP contribution is -2.04. The van der Waals surface area contributed by atoms with Gasteiger partial charge in [0, 0.05) is 22.8 Å². The lowest BCUT2D eigenvalue weighted by molar-refractivity contribution is 0.0601. The first-order valence-corrected chi connectivity index (χ1v) is 6.38. The second-order valence-corrected chi connectivity index (χ2v) is 4.57. The van der Waals surface area contributed by atoms with E-state index >= 15 is 0 Å². The smallest absolute Gasteiger partial charge is 0.337 e. The molecule has 20 heavy (non-hydrogen) atoms. The summed E-state index contributed by atoms with van der Waals surface area (Å²) < 4.78 is 4.66. The van der Waals surface area contributed by atoms with E-state index in [0.717, 1.165) is 5.69 Å². The van der Waals surface area contributed by atoms with Gasteiger partial charge >= 0.3 is 5.97 Å². The number of halogens is 1. The van der Waals surface area contributed by atoms with Crippen molar-refractivity contribution in [1.82, 2.24) is 0 Å². The third kappa shape index (κ3) is 3.22. The molecule has 0 fully saturated rings. The molecule has 5 heteroatoms. The number of methoxy groups -OCH3 is 1. The highest BCUT2D eigenvalue weighted by atomic mass is 35.5. The van der Waals surface area contributed by atoms with Crippen LogP contribution >= 0.6 is 11.6 Å². The molecule has 0 radical (unpaired) electrons. The fourth-order valence-corrected chi connectivity index (χ4v) is 2.02. The van der Waals surface area contributed by atoms with Gasteiger partial charge < -0.3 is 15.2 Å². The number of hydrogen-bond donors (Lipinski definition) is 2. The van der Waals surface area contributed by atoms with Crippen molar-refractivity contribution in [2.75, 3.05) is 12.4 Å². The van der Waals surface area contributed by atoms with Crippen LogP contribution in [0.4, 0.5) is 5.69 Å². The van der Waals surface area contributed by atoms with Gasteiger partial charge in [0.15, 0.2) is 0 Å². The molecule has 0 aliphatic rings. The number of carbonyl (C=O) groups is 1. The number of carbonyl (C=O) groups excluding carboxylic acids is 1. The van der Waals surface area contributed by atoms with E-state index in [0.29, 0.717) is 22.7 Å². The van der Waals surface area contributed by atoms with E-state index in [2.05, 4.69) is 10.1 Å². The molecule has 0 bridgehead atoms. The van der Waals surface area contributed by atoms with Crippen LogP contribution in [0.15, 0.2) is 42.5 Å². The second-order valence-electron chi connectivity index (χ2n) is 4.16. The summed E-state index contributed by atoms with van der Waals surface area (Å²) in [7, 11) is 1.34. The standard InChI is InChI=1S/C15H14ClNO3/c1-20-15(19)10-4-2-5-11(8-10)17-9-12-13(16)6-3-7-14(12)18/h2-8,17-18H,9H2,1H3. The number of esters is 1. The van der Waals surface area contributed by atoms with Crippen molar-refractivity contribution in [3.8, 4) is 5.75 Å². The Morgan fingerprint density at radius 2 is 2.05 bits per heavy atom. The molecule has 2 N–H and O–H groups in total. The summed E-state index contributed by atoms with van der Waals surface area (Å²) in [4.78, 5) is 11.4. The quantitative estimate of drug-likeness (QED) is 0.847. The van der Waals surface area contributed by atoms with Gasteiger partial charge in [-0.25, -0.2) is 4.79 Å². The minimum absolute atomic E-state index is 0.133. The monoisotopic (exact) mass is 291 g/mol. The zero-order valence-electron chi connectivity index (χ0n) is 10.9. The van der Waals surface area contributed by atoms with E-state index in [4.69, 9.17) is 11.6 Å². The number of ether oxygens (including phenoxy) is 1. The summed E-state index contributed by atoms with van der Waals surface area (Å²) in [5.74, 6) is -0.261. The Labute approximate surface area is 122 Å². The van der Waals surface area contributed by atoms with Gasteiger partial charge in [0.2, 0.25) is 0 Å². The number of phenols is 1. The van der Waals surface area contributed by atoms with Crippen LogP contribution in [0.5, 0.6) is 5.75 Å². The Kier molecular flexibility index (Phi) is 4.48. The van der Waals surface area contributed by atoms with Gasteiger partial charge in [-0.05, 0) is 30.3 Å². The van der Waals surface area contributed by atoms with Crippen molar-refractivity contribution in [2.24, 2.45) is 0 Å². The second kappa shape index (κ2) is 6.30. The van der Waals surface area contributed by atoms with Crippen LogP contribution in [-0.2, 0) is 11.3 Å². The van der Waals surface area contributed by atoms with Crippen molar-refractivity contribution in [3.05, 3.63) is 58.6 Å². The molecule has 2 aromatic rings. The molecule has 0 amide bonds. The fraction of sp³-hybridized carbons (Fsp3) is 0.133. The van der Waals surface area contributed by atoms with Crippen molar-refractivity contribution >= 4 is 23.3 Å².